The number of fused-ring (bicyclic) bond motifs is 1. The number of aliphatic hydroxyl groups excluding tert-OH is 1. The van der Waals surface area contributed by atoms with E-state index >= 15 is 0 Å². The summed E-state index contributed by atoms with van der Waals surface area (Å²) in [5.41, 5.74) is 7.39. The summed E-state index contributed by atoms with van der Waals surface area (Å²) in [5, 5.41) is 12.9. The average molecular weight is 239 g/mol. The second-order valence-electron chi connectivity index (χ2n) is 4.87. The molecular weight excluding hydrogens is 222 g/mol. The van der Waals surface area contributed by atoms with Gasteiger partial charge in [-0.25, -0.2) is 0 Å². The van der Waals surface area contributed by atoms with Crippen molar-refractivity contribution in [1.82, 2.24) is 5.32 Å². The standard InChI is InChI=1S/C16H17NO/c1-11-5-6-13(10-18)15(7-11)14-4-2-3-12-8-17-9-16(12)14/h2-7,17-18H,8-10H2,1H3. The summed E-state index contributed by atoms with van der Waals surface area (Å²) in [5.74, 6) is 0. The van der Waals surface area contributed by atoms with Crippen molar-refractivity contribution in [2.45, 2.75) is 26.6 Å². The minimum atomic E-state index is 0.0900. The van der Waals surface area contributed by atoms with Crippen molar-refractivity contribution in [1.29, 1.82) is 0 Å². The Morgan fingerprint density at radius 3 is 2.83 bits per heavy atom. The van der Waals surface area contributed by atoms with Gasteiger partial charge in [0.15, 0.2) is 0 Å². The molecule has 1 aliphatic heterocycles. The van der Waals surface area contributed by atoms with Crippen LogP contribution >= 0.6 is 0 Å². The molecule has 3 rings (SSSR count). The van der Waals surface area contributed by atoms with Crippen molar-refractivity contribution in [3.8, 4) is 11.1 Å². The van der Waals surface area contributed by atoms with Gasteiger partial charge in [0.25, 0.3) is 0 Å². The van der Waals surface area contributed by atoms with Crippen molar-refractivity contribution in [3.63, 3.8) is 0 Å². The van der Waals surface area contributed by atoms with Crippen molar-refractivity contribution in [2.75, 3.05) is 0 Å². The van der Waals surface area contributed by atoms with Crippen LogP contribution in [0.3, 0.4) is 0 Å². The molecule has 0 saturated carbocycles. The van der Waals surface area contributed by atoms with E-state index in [1.54, 1.807) is 0 Å². The summed E-state index contributed by atoms with van der Waals surface area (Å²) >= 11 is 0. The highest BCUT2D eigenvalue weighted by Gasteiger charge is 2.16. The van der Waals surface area contributed by atoms with Crippen LogP contribution in [-0.4, -0.2) is 5.11 Å². The van der Waals surface area contributed by atoms with E-state index in [1.807, 2.05) is 6.07 Å². The summed E-state index contributed by atoms with van der Waals surface area (Å²) in [7, 11) is 0. The molecule has 0 spiro atoms. The van der Waals surface area contributed by atoms with Crippen LogP contribution < -0.4 is 5.32 Å². The molecule has 0 unspecified atom stereocenters. The smallest absolute Gasteiger partial charge is 0.0687 e. The van der Waals surface area contributed by atoms with E-state index < -0.39 is 0 Å². The molecule has 1 heterocycles. The molecule has 0 bridgehead atoms. The molecule has 2 aromatic rings. The summed E-state index contributed by atoms with van der Waals surface area (Å²) < 4.78 is 0. The molecule has 2 heteroatoms. The maximum Gasteiger partial charge on any atom is 0.0687 e. The van der Waals surface area contributed by atoms with Gasteiger partial charge in [-0.15, -0.1) is 0 Å². The fraction of sp³-hybridized carbons (Fsp3) is 0.250. The topological polar surface area (TPSA) is 32.3 Å². The Balaban J connectivity index is 2.21. The van der Waals surface area contributed by atoms with Crippen LogP contribution in [0.15, 0.2) is 36.4 Å². The first-order valence-corrected chi connectivity index (χ1v) is 6.32. The molecule has 0 amide bonds. The highest BCUT2D eigenvalue weighted by atomic mass is 16.3. The maximum atomic E-state index is 9.50. The first kappa shape index (κ1) is 11.5. The van der Waals surface area contributed by atoms with Crippen LogP contribution in [0.4, 0.5) is 0 Å². The highest BCUT2D eigenvalue weighted by Crippen LogP contribution is 2.32. The Hall–Kier alpha value is -1.64. The van der Waals surface area contributed by atoms with E-state index in [4.69, 9.17) is 0 Å². The molecule has 0 radical (unpaired) electrons. The van der Waals surface area contributed by atoms with E-state index in [9.17, 15) is 5.11 Å². The van der Waals surface area contributed by atoms with Crippen LogP contribution in [0.1, 0.15) is 22.3 Å². The van der Waals surface area contributed by atoms with Crippen LogP contribution in [0.5, 0.6) is 0 Å². The molecule has 0 atom stereocenters. The van der Waals surface area contributed by atoms with Crippen LogP contribution in [0.2, 0.25) is 0 Å². The Bertz CT molecular complexity index is 590. The van der Waals surface area contributed by atoms with Gasteiger partial charge in [0.05, 0.1) is 6.61 Å². The second-order valence-corrected chi connectivity index (χ2v) is 4.87. The molecule has 2 aromatic carbocycles. The zero-order chi connectivity index (χ0) is 12.5. The van der Waals surface area contributed by atoms with Crippen LogP contribution in [0.25, 0.3) is 11.1 Å². The van der Waals surface area contributed by atoms with Gasteiger partial charge in [-0.2, -0.15) is 0 Å². The lowest BCUT2D eigenvalue weighted by molar-refractivity contribution is 0.282. The summed E-state index contributed by atoms with van der Waals surface area (Å²) in [4.78, 5) is 0. The number of aryl methyl sites for hydroxylation is 1. The third kappa shape index (κ3) is 1.84. The quantitative estimate of drug-likeness (QED) is 0.844. The van der Waals surface area contributed by atoms with E-state index in [0.717, 1.165) is 24.2 Å². The Morgan fingerprint density at radius 1 is 1.11 bits per heavy atom. The predicted molar refractivity (Wildman–Crippen MR) is 73.1 cm³/mol. The molecule has 2 N–H and O–H groups in total. The lowest BCUT2D eigenvalue weighted by atomic mass is 9.92. The van der Waals surface area contributed by atoms with Crippen molar-refractivity contribution >= 4 is 0 Å². The van der Waals surface area contributed by atoms with Gasteiger partial charge < -0.3 is 10.4 Å². The lowest BCUT2D eigenvalue weighted by Crippen LogP contribution is -2.00. The second kappa shape index (κ2) is 4.56. The van der Waals surface area contributed by atoms with E-state index in [1.165, 1.54) is 22.3 Å². The Labute approximate surface area is 107 Å². The number of aliphatic hydroxyl groups is 1. The average Bonchev–Trinajstić information content (AvgIpc) is 2.86. The maximum absolute atomic E-state index is 9.50. The SMILES string of the molecule is Cc1ccc(CO)c(-c2cccc3c2CNC3)c1. The molecule has 0 aromatic heterocycles. The number of hydrogen-bond donors (Lipinski definition) is 2. The van der Waals surface area contributed by atoms with Gasteiger partial charge in [0.1, 0.15) is 0 Å². The normalized spacial score (nSPS) is 13.7. The molecule has 0 aliphatic carbocycles. The van der Waals surface area contributed by atoms with E-state index in [0.29, 0.717) is 0 Å². The van der Waals surface area contributed by atoms with Gasteiger partial charge in [-0.1, -0.05) is 42.0 Å². The number of rotatable bonds is 2. The summed E-state index contributed by atoms with van der Waals surface area (Å²) in [6.45, 7) is 4.05. The van der Waals surface area contributed by atoms with Crippen molar-refractivity contribution < 1.29 is 5.11 Å². The van der Waals surface area contributed by atoms with Crippen molar-refractivity contribution in [2.24, 2.45) is 0 Å². The minimum absolute atomic E-state index is 0.0900. The molecular formula is C16H17NO. The molecule has 18 heavy (non-hydrogen) atoms. The molecule has 0 saturated heterocycles. The van der Waals surface area contributed by atoms with Gasteiger partial charge in [-0.05, 0) is 34.7 Å². The van der Waals surface area contributed by atoms with Gasteiger partial charge in [0, 0.05) is 13.1 Å². The number of hydrogen-bond acceptors (Lipinski definition) is 2. The largest absolute Gasteiger partial charge is 0.392 e. The fourth-order valence-corrected chi connectivity index (χ4v) is 2.66. The predicted octanol–water partition coefficient (Wildman–Crippen LogP) is 2.76. The van der Waals surface area contributed by atoms with E-state index in [-0.39, 0.29) is 6.61 Å². The van der Waals surface area contributed by atoms with Gasteiger partial charge in [0.2, 0.25) is 0 Å². The first-order chi connectivity index (χ1) is 8.79. The zero-order valence-corrected chi connectivity index (χ0v) is 10.5. The molecule has 2 nitrogen and oxygen atoms in total. The summed E-state index contributed by atoms with van der Waals surface area (Å²) in [6.07, 6.45) is 0. The third-order valence-electron chi connectivity index (χ3n) is 3.62. The monoisotopic (exact) mass is 239 g/mol. The first-order valence-electron chi connectivity index (χ1n) is 6.32. The van der Waals surface area contributed by atoms with Gasteiger partial charge in [-0.3, -0.25) is 0 Å². The van der Waals surface area contributed by atoms with Crippen LogP contribution in [-0.2, 0) is 19.7 Å². The van der Waals surface area contributed by atoms with Crippen molar-refractivity contribution in [3.05, 3.63) is 58.7 Å². The third-order valence-corrected chi connectivity index (χ3v) is 3.62. The molecule has 0 fully saturated rings. The van der Waals surface area contributed by atoms with Crippen LogP contribution in [0, 0.1) is 6.92 Å². The number of nitrogens with one attached hydrogen (secondary N) is 1. The lowest BCUT2D eigenvalue weighted by Gasteiger charge is -2.12. The van der Waals surface area contributed by atoms with Gasteiger partial charge >= 0.3 is 0 Å². The summed E-state index contributed by atoms with van der Waals surface area (Å²) in [6, 6.07) is 12.7. The Kier molecular flexibility index (Phi) is 2.90. The highest BCUT2D eigenvalue weighted by molar-refractivity contribution is 5.73. The number of benzene rings is 2. The van der Waals surface area contributed by atoms with E-state index in [2.05, 4.69) is 42.6 Å². The minimum Gasteiger partial charge on any atom is -0.392 e. The zero-order valence-electron chi connectivity index (χ0n) is 10.5. The molecule has 92 valence electrons. The Morgan fingerprint density at radius 2 is 2.00 bits per heavy atom. The fourth-order valence-electron chi connectivity index (χ4n) is 2.66. The molecule has 1 aliphatic rings.